The van der Waals surface area contributed by atoms with Crippen LogP contribution in [0.25, 0.3) is 11.2 Å². The number of likely N-dealkylation sites (tertiary alicyclic amines) is 1. The summed E-state index contributed by atoms with van der Waals surface area (Å²) in [5.41, 5.74) is 7.34. The lowest BCUT2D eigenvalue weighted by atomic mass is 9.96. The van der Waals surface area contributed by atoms with Gasteiger partial charge in [0.1, 0.15) is 32.2 Å². The largest absolute Gasteiger partial charge is 0.486 e. The number of carbonyl (C=O) groups excluding carboxylic acids is 2. The topological polar surface area (TPSA) is 158 Å². The predicted octanol–water partition coefficient (Wildman–Crippen LogP) is 1.83. The smallest absolute Gasteiger partial charge is 0.246 e. The number of rotatable bonds is 7. The number of aromatic nitrogens is 4. The number of amides is 2. The van der Waals surface area contributed by atoms with Gasteiger partial charge in [-0.3, -0.25) is 9.59 Å². The van der Waals surface area contributed by atoms with Crippen molar-refractivity contribution in [2.24, 2.45) is 5.92 Å². The van der Waals surface area contributed by atoms with Crippen molar-refractivity contribution in [1.29, 1.82) is 0 Å². The molecule has 1 aromatic carbocycles. The molecule has 4 heterocycles. The van der Waals surface area contributed by atoms with Crippen LogP contribution in [0.2, 0.25) is 0 Å². The van der Waals surface area contributed by atoms with Crippen molar-refractivity contribution in [1.82, 2.24) is 29.7 Å². The Hall–Kier alpha value is -3.10. The van der Waals surface area contributed by atoms with Gasteiger partial charge in [-0.2, -0.15) is 0 Å². The minimum Gasteiger partial charge on any atom is -0.486 e. The van der Waals surface area contributed by atoms with Gasteiger partial charge < -0.3 is 35.1 Å². The molecular formula is C24H28BrN7O5S. The molecule has 1 saturated heterocycles. The number of nitrogens with one attached hydrogen (secondary N) is 1. The Labute approximate surface area is 231 Å². The number of piperidine rings is 1. The predicted molar refractivity (Wildman–Crippen MR) is 143 cm³/mol. The van der Waals surface area contributed by atoms with Crippen LogP contribution in [0.5, 0.6) is 11.5 Å². The Morgan fingerprint density at radius 3 is 2.66 bits per heavy atom. The number of nitrogens with zero attached hydrogens (tertiary/aromatic N) is 5. The highest BCUT2D eigenvalue weighted by Gasteiger charge is 2.28. The maximum atomic E-state index is 12.7. The molecule has 0 saturated carbocycles. The van der Waals surface area contributed by atoms with Gasteiger partial charge in [0.2, 0.25) is 11.8 Å². The molecule has 3 aromatic rings. The molecule has 0 aliphatic carbocycles. The number of nitrogen functional groups attached to an aromatic ring is 1. The summed E-state index contributed by atoms with van der Waals surface area (Å²) in [6, 6.07) is 3.15. The van der Waals surface area contributed by atoms with Crippen molar-refractivity contribution in [3.05, 3.63) is 22.9 Å². The zero-order valence-electron chi connectivity index (χ0n) is 20.7. The third-order valence-corrected chi connectivity index (χ3v) is 8.55. The summed E-state index contributed by atoms with van der Waals surface area (Å²) in [5, 5.41) is 12.2. The molecule has 1 fully saturated rings. The molecule has 0 spiro atoms. The van der Waals surface area contributed by atoms with Crippen LogP contribution in [0.15, 0.2) is 33.0 Å². The van der Waals surface area contributed by atoms with Crippen LogP contribution in [0.4, 0.5) is 5.82 Å². The van der Waals surface area contributed by atoms with Crippen molar-refractivity contribution >= 4 is 56.5 Å². The average molecular weight is 607 g/mol. The molecule has 4 N–H and O–H groups in total. The number of nitrogens with two attached hydrogens (primary N) is 1. The number of aliphatic hydroxyl groups is 1. The van der Waals surface area contributed by atoms with Crippen LogP contribution < -0.4 is 20.5 Å². The SMILES string of the molecule is CC(NC(=O)CO)C(=O)N1CCC(Cn2c(Sc3cc4c(cc3Br)OCCO4)nc3c(N)ncnc32)CC1. The minimum atomic E-state index is -0.684. The van der Waals surface area contributed by atoms with Crippen LogP contribution in [0.1, 0.15) is 19.8 Å². The normalized spacial score (nSPS) is 16.4. The second kappa shape index (κ2) is 11.3. The molecule has 2 amide bonds. The zero-order chi connectivity index (χ0) is 26.8. The van der Waals surface area contributed by atoms with Crippen molar-refractivity contribution < 1.29 is 24.2 Å². The lowest BCUT2D eigenvalue weighted by Gasteiger charge is -2.34. The minimum absolute atomic E-state index is 0.154. The molecule has 0 bridgehead atoms. The molecule has 1 atom stereocenters. The van der Waals surface area contributed by atoms with Gasteiger partial charge in [-0.25, -0.2) is 15.0 Å². The van der Waals surface area contributed by atoms with E-state index < -0.39 is 18.6 Å². The number of carbonyl (C=O) groups is 2. The third-order valence-electron chi connectivity index (χ3n) is 6.58. The van der Waals surface area contributed by atoms with Crippen molar-refractivity contribution in [2.75, 3.05) is 38.6 Å². The number of aliphatic hydroxyl groups excluding tert-OH is 1. The first kappa shape index (κ1) is 26.5. The van der Waals surface area contributed by atoms with Crippen LogP contribution in [-0.4, -0.2) is 80.3 Å². The molecule has 12 nitrogen and oxygen atoms in total. The number of hydrogen-bond donors (Lipinski definition) is 3. The Kier molecular flexibility index (Phi) is 7.91. The first-order valence-electron chi connectivity index (χ1n) is 12.3. The summed E-state index contributed by atoms with van der Waals surface area (Å²) in [7, 11) is 0. The van der Waals surface area contributed by atoms with Crippen molar-refractivity contribution in [3.8, 4) is 11.5 Å². The molecule has 202 valence electrons. The Morgan fingerprint density at radius 1 is 1.24 bits per heavy atom. The third kappa shape index (κ3) is 5.52. The highest BCUT2D eigenvalue weighted by Crippen LogP contribution is 2.42. The van der Waals surface area contributed by atoms with Gasteiger partial charge in [0.25, 0.3) is 0 Å². The van der Waals surface area contributed by atoms with Gasteiger partial charge in [0.15, 0.2) is 33.6 Å². The molecule has 38 heavy (non-hydrogen) atoms. The highest BCUT2D eigenvalue weighted by atomic mass is 79.9. The summed E-state index contributed by atoms with van der Waals surface area (Å²) in [6.07, 6.45) is 3.00. The van der Waals surface area contributed by atoms with E-state index in [1.54, 1.807) is 11.8 Å². The molecule has 2 aliphatic heterocycles. The second-order valence-electron chi connectivity index (χ2n) is 9.18. The molecule has 5 rings (SSSR count). The Bertz CT molecular complexity index is 1360. The Morgan fingerprint density at radius 2 is 1.95 bits per heavy atom. The van der Waals surface area contributed by atoms with Crippen LogP contribution >= 0.6 is 27.7 Å². The van der Waals surface area contributed by atoms with E-state index in [1.165, 1.54) is 18.1 Å². The van der Waals surface area contributed by atoms with Gasteiger partial charge in [-0.15, -0.1) is 0 Å². The fourth-order valence-electron chi connectivity index (χ4n) is 4.62. The molecular weight excluding hydrogens is 578 g/mol. The molecule has 2 aromatic heterocycles. The van der Waals surface area contributed by atoms with Crippen molar-refractivity contribution in [2.45, 2.75) is 42.4 Å². The lowest BCUT2D eigenvalue weighted by Crippen LogP contribution is -2.50. The number of hydrogen-bond acceptors (Lipinski definition) is 10. The average Bonchev–Trinajstić information content (AvgIpc) is 3.27. The van der Waals surface area contributed by atoms with Gasteiger partial charge in [0, 0.05) is 29.0 Å². The molecule has 0 radical (unpaired) electrons. The van der Waals surface area contributed by atoms with E-state index in [2.05, 4.69) is 35.8 Å². The summed E-state index contributed by atoms with van der Waals surface area (Å²) >= 11 is 5.12. The fraction of sp³-hybridized carbons (Fsp3) is 0.458. The maximum absolute atomic E-state index is 12.7. The summed E-state index contributed by atoms with van der Waals surface area (Å²) in [4.78, 5) is 40.2. The maximum Gasteiger partial charge on any atom is 0.246 e. The first-order chi connectivity index (χ1) is 18.3. The summed E-state index contributed by atoms with van der Waals surface area (Å²) < 4.78 is 14.4. The second-order valence-corrected chi connectivity index (χ2v) is 11.0. The van der Waals surface area contributed by atoms with E-state index >= 15 is 0 Å². The monoisotopic (exact) mass is 605 g/mol. The van der Waals surface area contributed by atoms with Gasteiger partial charge in [-0.05, 0) is 53.7 Å². The van der Waals surface area contributed by atoms with E-state index in [0.29, 0.717) is 61.3 Å². The fourth-order valence-corrected chi connectivity index (χ4v) is 6.11. The number of imidazole rings is 1. The number of ether oxygens (including phenoxy) is 2. The standard InChI is InChI=1S/C24H28BrN7O5S/c1-13(29-19(34)11-33)23(35)31-4-2-14(3-5-31)10-32-22-20(21(26)27-12-28-22)30-24(32)38-18-9-17-16(8-15(18)25)36-6-7-37-17/h8-9,12-14,33H,2-7,10-11H2,1H3,(H,29,34)(H2,26,27,28). The van der Waals surface area contributed by atoms with E-state index in [9.17, 15) is 9.59 Å². The van der Waals surface area contributed by atoms with Crippen LogP contribution in [0.3, 0.4) is 0 Å². The number of benzene rings is 1. The van der Waals surface area contributed by atoms with E-state index in [0.717, 1.165) is 27.4 Å². The summed E-state index contributed by atoms with van der Waals surface area (Å²) in [6.45, 7) is 3.79. The van der Waals surface area contributed by atoms with E-state index in [-0.39, 0.29) is 11.8 Å². The van der Waals surface area contributed by atoms with Crippen molar-refractivity contribution in [3.63, 3.8) is 0 Å². The molecule has 1 unspecified atom stereocenters. The zero-order valence-corrected chi connectivity index (χ0v) is 23.1. The van der Waals surface area contributed by atoms with Crippen LogP contribution in [-0.2, 0) is 16.1 Å². The van der Waals surface area contributed by atoms with Gasteiger partial charge >= 0.3 is 0 Å². The van der Waals surface area contributed by atoms with Gasteiger partial charge in [-0.1, -0.05) is 11.8 Å². The molecule has 14 heteroatoms. The van der Waals surface area contributed by atoms with Crippen LogP contribution in [0, 0.1) is 5.92 Å². The lowest BCUT2D eigenvalue weighted by molar-refractivity contribution is -0.137. The van der Waals surface area contributed by atoms with E-state index in [1.807, 2.05) is 12.1 Å². The number of fused-ring (bicyclic) bond motifs is 2. The molecule has 2 aliphatic rings. The Balaban J connectivity index is 1.34. The van der Waals surface area contributed by atoms with Gasteiger partial charge in [0.05, 0.1) is 0 Å². The number of anilines is 1. The first-order valence-corrected chi connectivity index (χ1v) is 13.9. The highest BCUT2D eigenvalue weighted by molar-refractivity contribution is 9.10. The summed E-state index contributed by atoms with van der Waals surface area (Å²) in [5.74, 6) is 1.25. The quantitative estimate of drug-likeness (QED) is 0.363. The number of halogens is 1. The van der Waals surface area contributed by atoms with E-state index in [4.69, 9.17) is 25.3 Å².